The topological polar surface area (TPSA) is 144 Å². The second kappa shape index (κ2) is 8.50. The highest BCUT2D eigenvalue weighted by Crippen LogP contribution is 2.37. The maximum atomic E-state index is 12.8. The number of hydrogen-bond acceptors (Lipinski definition) is 9. The second-order valence-electron chi connectivity index (χ2n) is 7.98. The SMILES string of the molecule is Cc1cc(C(=O)COC(=O)c2cc3c(cc2[N+](=O)[O-])OCCO3)c(C)n1C1CCS(=O)(=O)C1. The van der Waals surface area contributed by atoms with Crippen molar-refractivity contribution in [2.75, 3.05) is 31.3 Å². The maximum absolute atomic E-state index is 12.8. The molecule has 4 rings (SSSR count). The van der Waals surface area contributed by atoms with Crippen LogP contribution in [0.4, 0.5) is 5.69 Å². The molecule has 1 atom stereocenters. The highest BCUT2D eigenvalue weighted by atomic mass is 32.2. The first-order valence-electron chi connectivity index (χ1n) is 10.2. The molecule has 1 fully saturated rings. The average molecular weight is 478 g/mol. The molecular formula is C21H22N2O9S. The van der Waals surface area contributed by atoms with Crippen LogP contribution in [0.1, 0.15) is 44.6 Å². The summed E-state index contributed by atoms with van der Waals surface area (Å²) in [4.78, 5) is 36.0. The highest BCUT2D eigenvalue weighted by molar-refractivity contribution is 7.91. The Bertz CT molecular complexity index is 1260. The number of carbonyl (C=O) groups is 2. The minimum atomic E-state index is -3.11. The summed E-state index contributed by atoms with van der Waals surface area (Å²) in [6.07, 6.45) is 0.467. The molecule has 1 aromatic heterocycles. The van der Waals surface area contributed by atoms with Gasteiger partial charge < -0.3 is 18.8 Å². The van der Waals surface area contributed by atoms with Gasteiger partial charge in [-0.15, -0.1) is 0 Å². The molecule has 11 nitrogen and oxygen atoms in total. The van der Waals surface area contributed by atoms with Gasteiger partial charge in [0.2, 0.25) is 5.78 Å². The van der Waals surface area contributed by atoms with Crippen LogP contribution in [0.15, 0.2) is 18.2 Å². The summed E-state index contributed by atoms with van der Waals surface area (Å²) in [5, 5.41) is 11.4. The Morgan fingerprint density at radius 1 is 1.15 bits per heavy atom. The first-order valence-corrected chi connectivity index (χ1v) is 12.1. The van der Waals surface area contributed by atoms with E-state index in [2.05, 4.69) is 0 Å². The van der Waals surface area contributed by atoms with E-state index in [0.29, 0.717) is 17.7 Å². The van der Waals surface area contributed by atoms with Crippen LogP contribution in [0.2, 0.25) is 0 Å². The number of nitro groups is 1. The molecule has 12 heteroatoms. The Labute approximate surface area is 189 Å². The first kappa shape index (κ1) is 22.8. The van der Waals surface area contributed by atoms with Crippen molar-refractivity contribution >= 4 is 27.3 Å². The number of nitro benzene ring substituents is 1. The normalized spacial score (nSPS) is 18.7. The van der Waals surface area contributed by atoms with E-state index in [0.717, 1.165) is 11.8 Å². The van der Waals surface area contributed by atoms with E-state index in [1.807, 2.05) is 4.57 Å². The Balaban J connectivity index is 1.51. The maximum Gasteiger partial charge on any atom is 0.345 e. The molecule has 0 radical (unpaired) electrons. The van der Waals surface area contributed by atoms with E-state index < -0.39 is 38.8 Å². The minimum absolute atomic E-state index is 0.0136. The number of carbonyl (C=O) groups excluding carboxylic acids is 2. The molecule has 1 aromatic carbocycles. The number of aromatic nitrogens is 1. The molecule has 0 amide bonds. The predicted octanol–water partition coefficient (Wildman–Crippen LogP) is 2.18. The van der Waals surface area contributed by atoms with E-state index in [1.165, 1.54) is 6.07 Å². The van der Waals surface area contributed by atoms with Crippen molar-refractivity contribution in [3.63, 3.8) is 0 Å². The number of ketones is 1. The number of Topliss-reactive ketones (excluding diaryl/α,β-unsaturated/α-hetero) is 1. The first-order chi connectivity index (χ1) is 15.6. The number of aryl methyl sites for hydroxylation is 1. The molecule has 0 aliphatic carbocycles. The van der Waals surface area contributed by atoms with Gasteiger partial charge in [0.05, 0.1) is 22.5 Å². The zero-order valence-corrected chi connectivity index (χ0v) is 18.8. The third-order valence-corrected chi connectivity index (χ3v) is 7.52. The molecule has 0 saturated carbocycles. The van der Waals surface area contributed by atoms with E-state index in [1.54, 1.807) is 19.9 Å². The summed E-state index contributed by atoms with van der Waals surface area (Å²) >= 11 is 0. The third-order valence-electron chi connectivity index (χ3n) is 5.77. The Kier molecular flexibility index (Phi) is 5.87. The third kappa shape index (κ3) is 4.42. The van der Waals surface area contributed by atoms with Crippen LogP contribution in [-0.4, -0.2) is 61.0 Å². The fourth-order valence-electron chi connectivity index (χ4n) is 4.28. The summed E-state index contributed by atoms with van der Waals surface area (Å²) < 4.78 is 41.3. The Morgan fingerprint density at radius 2 is 1.82 bits per heavy atom. The van der Waals surface area contributed by atoms with Crippen LogP contribution in [0.25, 0.3) is 0 Å². The van der Waals surface area contributed by atoms with Crippen LogP contribution < -0.4 is 9.47 Å². The lowest BCUT2D eigenvalue weighted by Gasteiger charge is -2.18. The van der Waals surface area contributed by atoms with Gasteiger partial charge >= 0.3 is 5.97 Å². The lowest BCUT2D eigenvalue weighted by molar-refractivity contribution is -0.385. The van der Waals surface area contributed by atoms with Crippen LogP contribution in [0.3, 0.4) is 0 Å². The number of sulfone groups is 1. The van der Waals surface area contributed by atoms with Gasteiger partial charge in [0, 0.05) is 29.1 Å². The van der Waals surface area contributed by atoms with Crippen molar-refractivity contribution in [3.8, 4) is 11.5 Å². The molecule has 33 heavy (non-hydrogen) atoms. The molecule has 2 aliphatic rings. The van der Waals surface area contributed by atoms with E-state index in [9.17, 15) is 28.1 Å². The fourth-order valence-corrected chi connectivity index (χ4v) is 5.98. The zero-order valence-electron chi connectivity index (χ0n) is 18.0. The highest BCUT2D eigenvalue weighted by Gasteiger charge is 2.32. The van der Waals surface area contributed by atoms with Gasteiger partial charge in [-0.1, -0.05) is 0 Å². The van der Waals surface area contributed by atoms with Crippen LogP contribution >= 0.6 is 0 Å². The number of fused-ring (bicyclic) bond motifs is 1. The molecule has 2 aliphatic heterocycles. The van der Waals surface area contributed by atoms with Gasteiger partial charge in [0.1, 0.15) is 18.8 Å². The zero-order chi connectivity index (χ0) is 23.9. The van der Waals surface area contributed by atoms with Crippen LogP contribution in [0.5, 0.6) is 11.5 Å². The van der Waals surface area contributed by atoms with Crippen LogP contribution in [-0.2, 0) is 14.6 Å². The van der Waals surface area contributed by atoms with Crippen LogP contribution in [0, 0.1) is 24.0 Å². The van der Waals surface area contributed by atoms with Gasteiger partial charge in [-0.2, -0.15) is 0 Å². The number of esters is 1. The summed E-state index contributed by atoms with van der Waals surface area (Å²) in [6.45, 7) is 3.32. The van der Waals surface area contributed by atoms with Crippen molar-refractivity contribution in [2.45, 2.75) is 26.3 Å². The summed E-state index contributed by atoms with van der Waals surface area (Å²) in [6, 6.07) is 3.64. The smallest absolute Gasteiger partial charge is 0.345 e. The number of rotatable bonds is 6. The number of hydrogen-bond donors (Lipinski definition) is 0. The molecule has 2 aromatic rings. The Hall–Kier alpha value is -3.41. The van der Waals surface area contributed by atoms with Crippen molar-refractivity contribution in [3.05, 3.63) is 50.8 Å². The molecule has 0 spiro atoms. The number of ether oxygens (including phenoxy) is 3. The monoisotopic (exact) mass is 478 g/mol. The van der Waals surface area contributed by atoms with Crippen molar-refractivity contribution in [2.24, 2.45) is 0 Å². The summed E-state index contributed by atoms with van der Waals surface area (Å²) in [7, 11) is -3.11. The van der Waals surface area contributed by atoms with Crippen molar-refractivity contribution < 1.29 is 37.1 Å². The van der Waals surface area contributed by atoms with Crippen molar-refractivity contribution in [1.82, 2.24) is 4.57 Å². The molecule has 0 N–H and O–H groups in total. The Morgan fingerprint density at radius 3 is 2.42 bits per heavy atom. The average Bonchev–Trinajstić information content (AvgIpc) is 3.27. The predicted molar refractivity (Wildman–Crippen MR) is 115 cm³/mol. The van der Waals surface area contributed by atoms with Gasteiger partial charge in [-0.05, 0) is 26.3 Å². The minimum Gasteiger partial charge on any atom is -0.486 e. The second-order valence-corrected chi connectivity index (χ2v) is 10.2. The molecule has 1 saturated heterocycles. The molecule has 176 valence electrons. The number of nitrogens with zero attached hydrogens (tertiary/aromatic N) is 2. The molecule has 0 bridgehead atoms. The van der Waals surface area contributed by atoms with E-state index >= 15 is 0 Å². The van der Waals surface area contributed by atoms with Gasteiger partial charge in [0.15, 0.2) is 27.9 Å². The molecule has 1 unspecified atom stereocenters. The van der Waals surface area contributed by atoms with Gasteiger partial charge in [-0.3, -0.25) is 14.9 Å². The number of benzene rings is 1. The van der Waals surface area contributed by atoms with Gasteiger partial charge in [0.25, 0.3) is 5.69 Å². The van der Waals surface area contributed by atoms with E-state index in [4.69, 9.17) is 14.2 Å². The van der Waals surface area contributed by atoms with E-state index in [-0.39, 0.29) is 47.8 Å². The standard InChI is InChI=1S/C21H22N2O9S/c1-12-7-15(13(2)22(12)14-3-6-33(28,29)11-14)18(24)10-32-21(25)16-8-19-20(31-5-4-30-19)9-17(16)23(26)27/h7-9,14H,3-6,10-11H2,1-2H3. The van der Waals surface area contributed by atoms with Gasteiger partial charge in [-0.25, -0.2) is 13.2 Å². The fraction of sp³-hybridized carbons (Fsp3) is 0.429. The largest absolute Gasteiger partial charge is 0.486 e. The lowest BCUT2D eigenvalue weighted by atomic mass is 10.1. The summed E-state index contributed by atoms with van der Waals surface area (Å²) in [5.41, 5.74) is 0.755. The summed E-state index contributed by atoms with van der Waals surface area (Å²) in [5.74, 6) is -1.09. The molecule has 3 heterocycles. The van der Waals surface area contributed by atoms with Crippen molar-refractivity contribution in [1.29, 1.82) is 0 Å². The molecular weight excluding hydrogens is 456 g/mol. The quantitative estimate of drug-likeness (QED) is 0.264. The lowest BCUT2D eigenvalue weighted by Crippen LogP contribution is -2.19.